The third-order valence-corrected chi connectivity index (χ3v) is 12.1. The molecule has 39 heavy (non-hydrogen) atoms. The van der Waals surface area contributed by atoms with Crippen molar-refractivity contribution in [3.05, 3.63) is 73.3 Å². The van der Waals surface area contributed by atoms with Crippen molar-refractivity contribution in [2.24, 2.45) is 5.92 Å². The smallest absolute Gasteiger partial charge is 0.305 e. The van der Waals surface area contributed by atoms with Gasteiger partial charge in [0.1, 0.15) is 6.79 Å². The van der Waals surface area contributed by atoms with Crippen molar-refractivity contribution in [1.82, 2.24) is 0 Å². The number of allylic oxidation sites excluding steroid dienone is 1. The molecule has 0 radical (unpaired) electrons. The molecule has 0 bridgehead atoms. The molecule has 6 nitrogen and oxygen atoms in total. The van der Waals surface area contributed by atoms with Crippen LogP contribution in [0.4, 0.5) is 0 Å². The van der Waals surface area contributed by atoms with Gasteiger partial charge in [-0.15, -0.1) is 6.58 Å². The molecule has 0 aliphatic rings. The van der Waals surface area contributed by atoms with Crippen LogP contribution in [0.15, 0.2) is 73.3 Å². The summed E-state index contributed by atoms with van der Waals surface area (Å²) in [5.41, 5.74) is 0. The first-order valence-electron chi connectivity index (χ1n) is 13.9. The Balaban J connectivity index is 2.17. The molecule has 0 spiro atoms. The normalized spacial score (nSPS) is 14.4. The molecule has 0 saturated carbocycles. The molecule has 0 aliphatic heterocycles. The average Bonchev–Trinajstić information content (AvgIpc) is 2.96. The van der Waals surface area contributed by atoms with Gasteiger partial charge in [0, 0.05) is 26.6 Å². The zero-order valence-electron chi connectivity index (χ0n) is 24.4. The van der Waals surface area contributed by atoms with Crippen molar-refractivity contribution in [3.63, 3.8) is 0 Å². The summed E-state index contributed by atoms with van der Waals surface area (Å²) in [5.74, 6) is -0.307. The van der Waals surface area contributed by atoms with Crippen molar-refractivity contribution in [3.8, 4) is 0 Å². The Morgan fingerprint density at radius 2 is 1.62 bits per heavy atom. The van der Waals surface area contributed by atoms with E-state index in [1.54, 1.807) is 14.2 Å². The topological polar surface area (TPSA) is 74.2 Å². The fraction of sp³-hybridized carbons (Fsp3) is 0.531. The molecular formula is C32H48O6Si. The first-order valence-corrected chi connectivity index (χ1v) is 15.9. The number of hydrogen-bond acceptors (Lipinski definition) is 6. The molecule has 0 aliphatic carbocycles. The van der Waals surface area contributed by atoms with Gasteiger partial charge in [-0.05, 0) is 47.5 Å². The molecule has 2 aromatic rings. The fourth-order valence-corrected chi connectivity index (χ4v) is 8.89. The summed E-state index contributed by atoms with van der Waals surface area (Å²) in [7, 11) is 0.121. The molecule has 2 rings (SSSR count). The van der Waals surface area contributed by atoms with E-state index in [0.29, 0.717) is 19.3 Å². The molecule has 0 unspecified atom stereocenters. The van der Waals surface area contributed by atoms with Crippen molar-refractivity contribution >= 4 is 24.7 Å². The zero-order chi connectivity index (χ0) is 28.7. The number of hydrogen-bond donors (Lipinski definition) is 1. The van der Waals surface area contributed by atoms with Crippen LogP contribution in [0.2, 0.25) is 5.04 Å². The Labute approximate surface area is 236 Å². The van der Waals surface area contributed by atoms with Gasteiger partial charge in [0.2, 0.25) is 0 Å². The molecule has 7 heteroatoms. The first kappa shape index (κ1) is 32.9. The van der Waals surface area contributed by atoms with Gasteiger partial charge in [0.15, 0.2) is 0 Å². The van der Waals surface area contributed by atoms with Crippen LogP contribution in [-0.2, 0) is 23.7 Å². The highest BCUT2D eigenvalue weighted by atomic mass is 28.4. The van der Waals surface area contributed by atoms with E-state index in [-0.39, 0.29) is 37.5 Å². The maximum Gasteiger partial charge on any atom is 0.305 e. The average molecular weight is 557 g/mol. The van der Waals surface area contributed by atoms with Crippen LogP contribution in [-0.4, -0.2) is 58.9 Å². The van der Waals surface area contributed by atoms with Crippen LogP contribution in [0.1, 0.15) is 59.3 Å². The second kappa shape index (κ2) is 16.7. The highest BCUT2D eigenvalue weighted by Crippen LogP contribution is 2.41. The van der Waals surface area contributed by atoms with Gasteiger partial charge in [-0.3, -0.25) is 4.79 Å². The van der Waals surface area contributed by atoms with Crippen LogP contribution >= 0.6 is 0 Å². The van der Waals surface area contributed by atoms with Gasteiger partial charge in [-0.2, -0.15) is 0 Å². The van der Waals surface area contributed by atoms with E-state index < -0.39 is 13.4 Å². The minimum absolute atomic E-state index is 0.107. The summed E-state index contributed by atoms with van der Waals surface area (Å²) in [6.45, 7) is 10.4. The number of esters is 1. The summed E-state index contributed by atoms with van der Waals surface area (Å²) in [6.07, 6.45) is 5.62. The predicted octanol–water partition coefficient (Wildman–Crippen LogP) is 5.23. The second-order valence-electron chi connectivity index (χ2n) is 10.9. The van der Waals surface area contributed by atoms with Gasteiger partial charge >= 0.3 is 5.97 Å². The SMILES string of the molecule is C=CCCCCC(=O)OC[C@@H](C)[C@H](OCOC)[C@H](CCC(C)(C)[Si](O)(c1ccccc1)c1ccccc1)OC. The quantitative estimate of drug-likeness (QED) is 0.0840. The molecule has 3 atom stereocenters. The van der Waals surface area contributed by atoms with E-state index in [2.05, 4.69) is 20.4 Å². The highest BCUT2D eigenvalue weighted by Gasteiger charge is 2.50. The van der Waals surface area contributed by atoms with Crippen LogP contribution in [0.3, 0.4) is 0 Å². The lowest BCUT2D eigenvalue weighted by molar-refractivity contribution is -0.159. The van der Waals surface area contributed by atoms with Gasteiger partial charge in [0.05, 0.1) is 18.8 Å². The molecule has 0 heterocycles. The van der Waals surface area contributed by atoms with E-state index in [1.807, 2.05) is 73.7 Å². The number of unbranched alkanes of at least 4 members (excludes halogenated alkanes) is 2. The second-order valence-corrected chi connectivity index (χ2v) is 14.8. The third-order valence-electron chi connectivity index (χ3n) is 7.57. The summed E-state index contributed by atoms with van der Waals surface area (Å²) in [5, 5.41) is 1.55. The Bertz CT molecular complexity index is 926. The van der Waals surface area contributed by atoms with Gasteiger partial charge in [-0.1, -0.05) is 87.5 Å². The van der Waals surface area contributed by atoms with Crippen molar-refractivity contribution in [2.45, 2.75) is 76.5 Å². The Morgan fingerprint density at radius 1 is 1.03 bits per heavy atom. The van der Waals surface area contributed by atoms with Crippen molar-refractivity contribution < 1.29 is 28.5 Å². The molecule has 0 aromatic heterocycles. The number of benzene rings is 2. The molecular weight excluding hydrogens is 508 g/mol. The lowest BCUT2D eigenvalue weighted by Gasteiger charge is -2.42. The Kier molecular flexibility index (Phi) is 14.1. The molecule has 0 saturated heterocycles. The maximum atomic E-state index is 12.5. The molecule has 0 amide bonds. The summed E-state index contributed by atoms with van der Waals surface area (Å²) in [4.78, 5) is 24.7. The lowest BCUT2D eigenvalue weighted by atomic mass is 9.94. The minimum atomic E-state index is -3.14. The van der Waals surface area contributed by atoms with Gasteiger partial charge in [0.25, 0.3) is 8.32 Å². The van der Waals surface area contributed by atoms with Crippen LogP contribution in [0.5, 0.6) is 0 Å². The third kappa shape index (κ3) is 9.40. The zero-order valence-corrected chi connectivity index (χ0v) is 25.4. The van der Waals surface area contributed by atoms with E-state index in [4.69, 9.17) is 18.9 Å². The molecule has 0 fully saturated rings. The minimum Gasteiger partial charge on any atom is -0.465 e. The molecule has 216 valence electrons. The number of carbonyl (C=O) groups excluding carboxylic acids is 1. The van der Waals surface area contributed by atoms with Gasteiger partial charge in [-0.25, -0.2) is 0 Å². The van der Waals surface area contributed by atoms with Crippen molar-refractivity contribution in [1.29, 1.82) is 0 Å². The maximum absolute atomic E-state index is 12.5. The van der Waals surface area contributed by atoms with Crippen LogP contribution in [0.25, 0.3) is 0 Å². The van der Waals surface area contributed by atoms with E-state index in [9.17, 15) is 9.59 Å². The molecule has 2 aromatic carbocycles. The van der Waals surface area contributed by atoms with E-state index >= 15 is 0 Å². The van der Waals surface area contributed by atoms with E-state index in [0.717, 1.165) is 29.6 Å². The Morgan fingerprint density at radius 3 is 2.13 bits per heavy atom. The first-order chi connectivity index (χ1) is 18.7. The summed E-state index contributed by atoms with van der Waals surface area (Å²) < 4.78 is 22.8. The predicted molar refractivity (Wildman–Crippen MR) is 160 cm³/mol. The van der Waals surface area contributed by atoms with Crippen LogP contribution < -0.4 is 10.4 Å². The van der Waals surface area contributed by atoms with Gasteiger partial charge < -0.3 is 23.7 Å². The number of ether oxygens (including phenoxy) is 4. The van der Waals surface area contributed by atoms with Crippen molar-refractivity contribution in [2.75, 3.05) is 27.6 Å². The lowest BCUT2D eigenvalue weighted by Crippen LogP contribution is -2.65. The number of carbonyl (C=O) groups is 1. The highest BCUT2D eigenvalue weighted by molar-refractivity contribution is 6.98. The van der Waals surface area contributed by atoms with E-state index in [1.165, 1.54) is 0 Å². The number of rotatable bonds is 19. The van der Waals surface area contributed by atoms with Crippen LogP contribution in [0, 0.1) is 5.92 Å². The fourth-order valence-electron chi connectivity index (χ4n) is 5.14. The summed E-state index contributed by atoms with van der Waals surface area (Å²) >= 11 is 0. The summed E-state index contributed by atoms with van der Waals surface area (Å²) in [6, 6.07) is 20.0. The molecule has 1 N–H and O–H groups in total. The largest absolute Gasteiger partial charge is 0.465 e. The standard InChI is InChI=1S/C32H48O6Si/c1-7-8-9-16-21-30(33)37-24-26(2)31(38-25-35-5)29(36-6)22-23-32(3,4)39(34,27-17-12-10-13-18-27)28-19-14-11-15-20-28/h7,10-15,17-20,26,29,31,34H,1,8-9,16,21-25H2,2-6H3/t26-,29+,31+/m1/s1. The monoisotopic (exact) mass is 556 g/mol. The number of methoxy groups -OCH3 is 2. The Hall–Kier alpha value is -2.29.